The molecule has 0 aromatic carbocycles. The van der Waals surface area contributed by atoms with Gasteiger partial charge in [-0.2, -0.15) is 5.26 Å². The maximum atomic E-state index is 8.69. The first-order valence-electron chi connectivity index (χ1n) is 6.20. The van der Waals surface area contributed by atoms with Crippen LogP contribution in [0, 0.1) is 11.3 Å². The summed E-state index contributed by atoms with van der Waals surface area (Å²) in [5.74, 6) is 1.06. The van der Waals surface area contributed by atoms with Crippen LogP contribution in [0.5, 0.6) is 0 Å². The number of hydrogen-bond donors (Lipinski definition) is 0. The third-order valence-electron chi connectivity index (χ3n) is 3.03. The van der Waals surface area contributed by atoms with Crippen LogP contribution in [0.1, 0.15) is 30.8 Å². The van der Waals surface area contributed by atoms with Crippen LogP contribution in [-0.4, -0.2) is 25.0 Å². The number of aromatic nitrogens is 5. The van der Waals surface area contributed by atoms with E-state index in [0.717, 1.165) is 35.4 Å². The summed E-state index contributed by atoms with van der Waals surface area (Å²) in [5.41, 5.74) is 0.324. The number of fused-ring (bicyclic) bond motifs is 1. The Labute approximate surface area is 114 Å². The third kappa shape index (κ3) is 2.58. The van der Waals surface area contributed by atoms with Gasteiger partial charge >= 0.3 is 0 Å². The molecule has 6 nitrogen and oxygen atoms in total. The zero-order valence-electron chi connectivity index (χ0n) is 10.3. The molecule has 0 amide bonds. The average Bonchev–Trinajstić information content (AvgIpc) is 2.68. The Bertz CT molecular complexity index is 612. The molecule has 0 radical (unpaired) electrons. The van der Waals surface area contributed by atoms with Crippen LogP contribution in [0.3, 0.4) is 0 Å². The molecule has 2 aromatic rings. The second-order valence-corrected chi connectivity index (χ2v) is 5.32. The van der Waals surface area contributed by atoms with Gasteiger partial charge in [-0.15, -0.1) is 20.4 Å². The maximum Gasteiger partial charge on any atom is 0.197 e. The number of aryl methyl sites for hydroxylation is 1. The molecule has 0 N–H and O–H groups in total. The van der Waals surface area contributed by atoms with Crippen LogP contribution in [0.15, 0.2) is 22.3 Å². The van der Waals surface area contributed by atoms with Gasteiger partial charge in [-0.25, -0.2) is 0 Å². The predicted octanol–water partition coefficient (Wildman–Crippen LogP) is 1.82. The van der Waals surface area contributed by atoms with Crippen molar-refractivity contribution in [1.82, 2.24) is 25.0 Å². The average molecular weight is 272 g/mol. The van der Waals surface area contributed by atoms with E-state index in [1.807, 2.05) is 6.07 Å². The molecule has 3 heterocycles. The fraction of sp³-hybridized carbons (Fsp3) is 0.417. The van der Waals surface area contributed by atoms with Crippen LogP contribution in [-0.2, 0) is 13.0 Å². The first kappa shape index (κ1) is 12.1. The van der Waals surface area contributed by atoms with Crippen LogP contribution >= 0.6 is 11.8 Å². The van der Waals surface area contributed by atoms with E-state index in [1.165, 1.54) is 24.6 Å². The highest BCUT2D eigenvalue weighted by atomic mass is 32.2. The summed E-state index contributed by atoms with van der Waals surface area (Å²) in [6, 6.07) is 5.40. The van der Waals surface area contributed by atoms with Crippen molar-refractivity contribution in [3.63, 3.8) is 0 Å². The molecular weight excluding hydrogens is 260 g/mol. The van der Waals surface area contributed by atoms with E-state index < -0.39 is 0 Å². The summed E-state index contributed by atoms with van der Waals surface area (Å²) in [6.07, 6.45) is 4.58. The maximum absolute atomic E-state index is 8.69. The summed E-state index contributed by atoms with van der Waals surface area (Å²) in [5, 5.41) is 26.6. The molecular formula is C12H12N6S. The smallest absolute Gasteiger partial charge is 0.197 e. The Hall–Kier alpha value is -1.94. The lowest BCUT2D eigenvalue weighted by Crippen LogP contribution is -2.02. The highest BCUT2D eigenvalue weighted by molar-refractivity contribution is 7.99. The minimum Gasteiger partial charge on any atom is -0.306 e. The van der Waals surface area contributed by atoms with Crippen LogP contribution < -0.4 is 0 Å². The largest absolute Gasteiger partial charge is 0.306 e. The molecule has 2 aromatic heterocycles. The zero-order valence-corrected chi connectivity index (χ0v) is 11.1. The van der Waals surface area contributed by atoms with Gasteiger partial charge in [0.25, 0.3) is 0 Å². The molecule has 96 valence electrons. The second-order valence-electron chi connectivity index (χ2n) is 4.33. The highest BCUT2D eigenvalue weighted by Crippen LogP contribution is 2.26. The summed E-state index contributed by atoms with van der Waals surface area (Å²) < 4.78 is 2.16. The molecule has 0 atom stereocenters. The molecule has 19 heavy (non-hydrogen) atoms. The van der Waals surface area contributed by atoms with Gasteiger partial charge in [0.05, 0.1) is 0 Å². The van der Waals surface area contributed by atoms with Crippen molar-refractivity contribution < 1.29 is 0 Å². The summed E-state index contributed by atoms with van der Waals surface area (Å²) >= 11 is 1.44. The van der Waals surface area contributed by atoms with E-state index in [9.17, 15) is 0 Å². The van der Waals surface area contributed by atoms with Gasteiger partial charge in [-0.1, -0.05) is 6.42 Å². The Balaban J connectivity index is 1.83. The van der Waals surface area contributed by atoms with Crippen LogP contribution in [0.2, 0.25) is 0 Å². The van der Waals surface area contributed by atoms with E-state index >= 15 is 0 Å². The Morgan fingerprint density at radius 1 is 1.11 bits per heavy atom. The molecule has 0 spiro atoms. The predicted molar refractivity (Wildman–Crippen MR) is 68.4 cm³/mol. The lowest BCUT2D eigenvalue weighted by atomic mass is 10.2. The van der Waals surface area contributed by atoms with Gasteiger partial charge in [0.15, 0.2) is 10.9 Å². The molecule has 0 saturated carbocycles. The summed E-state index contributed by atoms with van der Waals surface area (Å²) in [4.78, 5) is 0. The van der Waals surface area contributed by atoms with E-state index in [4.69, 9.17) is 5.26 Å². The minimum absolute atomic E-state index is 0.324. The molecule has 0 saturated heterocycles. The van der Waals surface area contributed by atoms with Crippen LogP contribution in [0.4, 0.5) is 0 Å². The minimum atomic E-state index is 0.324. The van der Waals surface area contributed by atoms with Gasteiger partial charge < -0.3 is 4.57 Å². The van der Waals surface area contributed by atoms with E-state index in [2.05, 4.69) is 25.0 Å². The molecule has 1 aliphatic rings. The first-order valence-corrected chi connectivity index (χ1v) is 7.02. The van der Waals surface area contributed by atoms with Crippen molar-refractivity contribution in [3.8, 4) is 6.07 Å². The summed E-state index contributed by atoms with van der Waals surface area (Å²) in [7, 11) is 0. The van der Waals surface area contributed by atoms with Crippen molar-refractivity contribution in [3.05, 3.63) is 23.7 Å². The first-order chi connectivity index (χ1) is 9.36. The van der Waals surface area contributed by atoms with Crippen molar-refractivity contribution in [1.29, 1.82) is 5.26 Å². The van der Waals surface area contributed by atoms with Gasteiger partial charge in [0.1, 0.15) is 16.9 Å². The van der Waals surface area contributed by atoms with E-state index in [-0.39, 0.29) is 0 Å². The number of nitriles is 1. The van der Waals surface area contributed by atoms with Crippen molar-refractivity contribution in [2.24, 2.45) is 0 Å². The Morgan fingerprint density at radius 2 is 2.05 bits per heavy atom. The Kier molecular flexibility index (Phi) is 3.42. The molecule has 0 fully saturated rings. The van der Waals surface area contributed by atoms with Crippen molar-refractivity contribution >= 4 is 11.8 Å². The van der Waals surface area contributed by atoms with Gasteiger partial charge in [0, 0.05) is 13.0 Å². The van der Waals surface area contributed by atoms with Crippen molar-refractivity contribution in [2.45, 2.75) is 42.4 Å². The number of nitrogens with zero attached hydrogens (tertiary/aromatic N) is 6. The molecule has 0 unspecified atom stereocenters. The van der Waals surface area contributed by atoms with Crippen LogP contribution in [0.25, 0.3) is 0 Å². The molecule has 0 aliphatic carbocycles. The molecule has 7 heteroatoms. The Morgan fingerprint density at radius 3 is 2.84 bits per heavy atom. The van der Waals surface area contributed by atoms with E-state index in [0.29, 0.717) is 5.69 Å². The second kappa shape index (κ2) is 5.36. The number of hydrogen-bond acceptors (Lipinski definition) is 6. The summed E-state index contributed by atoms with van der Waals surface area (Å²) in [6.45, 7) is 0.967. The monoisotopic (exact) mass is 272 g/mol. The third-order valence-corrected chi connectivity index (χ3v) is 3.94. The van der Waals surface area contributed by atoms with Crippen molar-refractivity contribution in [2.75, 3.05) is 0 Å². The standard InChI is InChI=1S/C12H12N6S/c13-8-9-5-6-11(16-14-9)19-12-17-15-10-4-2-1-3-7-18(10)12/h5-6H,1-4,7H2. The van der Waals surface area contributed by atoms with Gasteiger partial charge in [-0.3, -0.25) is 0 Å². The molecule has 3 rings (SSSR count). The van der Waals surface area contributed by atoms with Gasteiger partial charge in [-0.05, 0) is 36.7 Å². The van der Waals surface area contributed by atoms with Gasteiger partial charge in [0.2, 0.25) is 0 Å². The zero-order chi connectivity index (χ0) is 13.1. The highest BCUT2D eigenvalue weighted by Gasteiger charge is 2.16. The lowest BCUT2D eigenvalue weighted by Gasteiger charge is -2.05. The SMILES string of the molecule is N#Cc1ccc(Sc2nnc3n2CCCCC3)nn1. The fourth-order valence-electron chi connectivity index (χ4n) is 2.06. The molecule has 0 bridgehead atoms. The quantitative estimate of drug-likeness (QED) is 0.829. The normalized spacial score (nSPS) is 14.5. The lowest BCUT2D eigenvalue weighted by molar-refractivity contribution is 0.590. The number of rotatable bonds is 2. The fourth-order valence-corrected chi connectivity index (χ4v) is 2.85. The topological polar surface area (TPSA) is 80.3 Å². The molecule has 1 aliphatic heterocycles. The van der Waals surface area contributed by atoms with E-state index in [1.54, 1.807) is 12.1 Å².